The fourth-order valence-electron chi connectivity index (χ4n) is 7.24. The minimum atomic E-state index is -5.44. The zero-order chi connectivity index (χ0) is 51.7. The number of ether oxygens (including phenoxy) is 4. The SMILES string of the molecule is CC/C=C\C/C=C\C/C=C\CCCCCCCC(=O)OC[C@H](COP(=O)(O)OP(=O)(O)OC[C@H]1O[C@@H](n2ccc(N)nc2=O)[C@H](O)[C@@H]1O)OC(=O)CCC/C=C\C/C=C\C/C=C\CC1OC1CCCCC. The van der Waals surface area contributed by atoms with Crippen LogP contribution < -0.4 is 11.4 Å². The molecule has 19 nitrogen and oxygen atoms in total. The molecule has 3 heterocycles. The van der Waals surface area contributed by atoms with E-state index in [1.807, 2.05) is 12.2 Å². The predicted molar refractivity (Wildman–Crippen MR) is 270 cm³/mol. The van der Waals surface area contributed by atoms with Gasteiger partial charge in [0.05, 0.1) is 25.4 Å². The summed E-state index contributed by atoms with van der Waals surface area (Å²) < 4.78 is 62.4. The Morgan fingerprint density at radius 1 is 0.718 bits per heavy atom. The van der Waals surface area contributed by atoms with Crippen LogP contribution in [0.1, 0.15) is 148 Å². The molecule has 2 aliphatic heterocycles. The van der Waals surface area contributed by atoms with Gasteiger partial charge in [-0.05, 0) is 83.1 Å². The first kappa shape index (κ1) is 61.5. The van der Waals surface area contributed by atoms with Crippen molar-refractivity contribution >= 4 is 33.4 Å². The number of phosphoric acid groups is 2. The smallest absolute Gasteiger partial charge is 0.462 e. The number of aromatic nitrogens is 2. The zero-order valence-electron chi connectivity index (χ0n) is 41.4. The molecule has 400 valence electrons. The number of carbonyl (C=O) groups excluding carboxylic acids is 2. The summed E-state index contributed by atoms with van der Waals surface area (Å²) in [6.45, 7) is 1.93. The monoisotopic (exact) mass is 1040 g/mol. The third-order valence-electron chi connectivity index (χ3n) is 11.2. The molecule has 6 N–H and O–H groups in total. The quantitative estimate of drug-likeness (QED) is 0.0135. The first-order valence-electron chi connectivity index (χ1n) is 25.1. The fourth-order valence-corrected chi connectivity index (χ4v) is 9.35. The van der Waals surface area contributed by atoms with Gasteiger partial charge < -0.3 is 44.7 Å². The molecule has 0 saturated carbocycles. The second kappa shape index (κ2) is 35.3. The van der Waals surface area contributed by atoms with E-state index in [0.29, 0.717) is 31.5 Å². The van der Waals surface area contributed by atoms with E-state index in [-0.39, 0.29) is 18.7 Å². The molecule has 3 rings (SSSR count). The number of anilines is 1. The van der Waals surface area contributed by atoms with Gasteiger partial charge in [-0.15, -0.1) is 0 Å². The maximum absolute atomic E-state index is 12.8. The summed E-state index contributed by atoms with van der Waals surface area (Å²) >= 11 is 0. The topological polar surface area (TPSA) is 278 Å². The Labute approximate surface area is 419 Å². The van der Waals surface area contributed by atoms with Crippen molar-refractivity contribution in [2.75, 3.05) is 25.6 Å². The number of esters is 2. The van der Waals surface area contributed by atoms with Gasteiger partial charge in [-0.25, -0.2) is 13.9 Å². The molecule has 0 aliphatic carbocycles. The highest BCUT2D eigenvalue weighted by atomic mass is 31.3. The van der Waals surface area contributed by atoms with Crippen LogP contribution in [-0.4, -0.2) is 97.9 Å². The van der Waals surface area contributed by atoms with E-state index in [1.165, 1.54) is 25.3 Å². The maximum atomic E-state index is 12.8. The first-order valence-corrected chi connectivity index (χ1v) is 28.1. The zero-order valence-corrected chi connectivity index (χ0v) is 43.2. The van der Waals surface area contributed by atoms with Gasteiger partial charge in [-0.3, -0.25) is 23.2 Å². The maximum Gasteiger partial charge on any atom is 0.481 e. The van der Waals surface area contributed by atoms with Crippen molar-refractivity contribution in [1.29, 1.82) is 0 Å². The van der Waals surface area contributed by atoms with Crippen LogP contribution in [0.3, 0.4) is 0 Å². The van der Waals surface area contributed by atoms with Crippen LogP contribution in [-0.2, 0) is 51.0 Å². The van der Waals surface area contributed by atoms with E-state index in [4.69, 9.17) is 33.7 Å². The Bertz CT molecular complexity index is 2040. The molecule has 21 heteroatoms. The Morgan fingerprint density at radius 3 is 2.00 bits per heavy atom. The second-order valence-electron chi connectivity index (χ2n) is 17.3. The van der Waals surface area contributed by atoms with Gasteiger partial charge in [-0.2, -0.15) is 9.29 Å². The van der Waals surface area contributed by atoms with E-state index < -0.39 is 83.7 Å². The van der Waals surface area contributed by atoms with Gasteiger partial charge in [0.15, 0.2) is 12.3 Å². The van der Waals surface area contributed by atoms with Gasteiger partial charge in [0, 0.05) is 19.0 Å². The molecular weight excluding hydrogens is 961 g/mol. The largest absolute Gasteiger partial charge is 0.481 e. The standard InChI is InChI=1S/C50H79N3O16P2/c1-3-5-7-8-9-10-11-12-13-14-15-19-22-25-29-33-45(54)63-37-40(66-46(55)34-30-26-23-20-17-16-18-21-24-28-32-42-41(67-42)31-27-6-4-2)38-64-70(59,60)69-71(61,62)65-39-43-47(56)48(57)49(68-43)53-36-35-44(51)52-50(53)58/h5,7,9-10,12-13,16,18,20,23-24,28,35-36,40-43,47-49,56-57H,3-4,6,8,11,14-15,17,19,21-22,25-27,29-34,37-39H2,1-2H3,(H,59,60)(H,61,62)(H2,51,52,58)/b7-5-,10-9-,13-12-,18-16-,23-20-,28-24-/t40-,41?,42?,43-,47-,48-,49-/m1/s1. The van der Waals surface area contributed by atoms with E-state index in [2.05, 4.69) is 83.9 Å². The minimum absolute atomic E-state index is 0.0372. The number of epoxide rings is 1. The van der Waals surface area contributed by atoms with E-state index in [0.717, 1.165) is 87.8 Å². The van der Waals surface area contributed by atoms with Crippen LogP contribution in [0.4, 0.5) is 5.82 Å². The van der Waals surface area contributed by atoms with Gasteiger partial charge >= 0.3 is 33.3 Å². The van der Waals surface area contributed by atoms with Crippen molar-refractivity contribution in [1.82, 2.24) is 9.55 Å². The van der Waals surface area contributed by atoms with Crippen LogP contribution in [0, 0.1) is 0 Å². The lowest BCUT2D eigenvalue weighted by Crippen LogP contribution is -2.36. The lowest BCUT2D eigenvalue weighted by Gasteiger charge is -2.21. The Hall–Kier alpha value is -3.84. The van der Waals surface area contributed by atoms with Crippen LogP contribution in [0.25, 0.3) is 0 Å². The molecule has 1 aromatic rings. The number of nitrogens with zero attached hydrogens (tertiary/aromatic N) is 2. The number of nitrogens with two attached hydrogens (primary N) is 1. The molecule has 1 aromatic heterocycles. The van der Waals surface area contributed by atoms with Crippen LogP contribution in [0.2, 0.25) is 0 Å². The Morgan fingerprint density at radius 2 is 1.32 bits per heavy atom. The molecule has 9 atom stereocenters. The number of nitrogen functional groups attached to an aromatic ring is 1. The number of unbranched alkanes of at least 4 members (excludes halogenated alkanes) is 8. The van der Waals surface area contributed by atoms with Crippen LogP contribution in [0.15, 0.2) is 90.0 Å². The third kappa shape index (κ3) is 27.7. The summed E-state index contributed by atoms with van der Waals surface area (Å²) in [6, 6.07) is 1.24. The molecule has 0 bridgehead atoms. The highest BCUT2D eigenvalue weighted by Gasteiger charge is 2.46. The summed E-state index contributed by atoms with van der Waals surface area (Å²) in [5.41, 5.74) is 4.58. The molecule has 0 spiro atoms. The summed E-state index contributed by atoms with van der Waals surface area (Å²) in [6.07, 6.45) is 36.0. The van der Waals surface area contributed by atoms with E-state index in [9.17, 15) is 43.5 Å². The number of phosphoric ester groups is 2. The lowest BCUT2D eigenvalue weighted by atomic mass is 10.1. The molecule has 71 heavy (non-hydrogen) atoms. The average molecular weight is 1040 g/mol. The normalized spacial score (nSPS) is 22.6. The van der Waals surface area contributed by atoms with Crippen molar-refractivity contribution in [2.45, 2.75) is 185 Å². The molecule has 2 saturated heterocycles. The number of aliphatic hydroxyl groups excluding tert-OH is 2. The van der Waals surface area contributed by atoms with Gasteiger partial charge in [0.1, 0.15) is 30.7 Å². The summed E-state index contributed by atoms with van der Waals surface area (Å²) in [5.74, 6) is -1.40. The summed E-state index contributed by atoms with van der Waals surface area (Å²) in [4.78, 5) is 61.9. The third-order valence-corrected chi connectivity index (χ3v) is 13.8. The summed E-state index contributed by atoms with van der Waals surface area (Å²) in [5, 5.41) is 20.9. The number of rotatable bonds is 39. The van der Waals surface area contributed by atoms with Crippen molar-refractivity contribution in [3.8, 4) is 0 Å². The molecule has 0 aromatic carbocycles. The first-order chi connectivity index (χ1) is 34.1. The van der Waals surface area contributed by atoms with Crippen LogP contribution in [0.5, 0.6) is 0 Å². The number of aliphatic hydroxyl groups is 2. The fraction of sp³-hybridized carbons (Fsp3) is 0.640. The molecule has 0 radical (unpaired) electrons. The molecule has 2 aliphatic rings. The van der Waals surface area contributed by atoms with Crippen molar-refractivity contribution in [3.63, 3.8) is 0 Å². The van der Waals surface area contributed by atoms with Crippen LogP contribution >= 0.6 is 15.6 Å². The molecule has 4 unspecified atom stereocenters. The van der Waals surface area contributed by atoms with Crippen molar-refractivity contribution < 1.29 is 71.0 Å². The lowest BCUT2D eigenvalue weighted by molar-refractivity contribution is -0.161. The second-order valence-corrected chi connectivity index (χ2v) is 20.4. The van der Waals surface area contributed by atoms with Gasteiger partial charge in [0.2, 0.25) is 0 Å². The summed E-state index contributed by atoms with van der Waals surface area (Å²) in [7, 11) is -10.9. The highest BCUT2D eigenvalue weighted by molar-refractivity contribution is 7.61. The number of allylic oxidation sites excluding steroid dienone is 11. The molecular formula is C50H79N3O16P2. The highest BCUT2D eigenvalue weighted by Crippen LogP contribution is 2.60. The number of hydrogen-bond acceptors (Lipinski definition) is 16. The molecule has 0 amide bonds. The van der Waals surface area contributed by atoms with E-state index >= 15 is 0 Å². The predicted octanol–water partition coefficient (Wildman–Crippen LogP) is 9.10. The molecule has 2 fully saturated rings. The van der Waals surface area contributed by atoms with E-state index in [1.54, 1.807) is 0 Å². The van der Waals surface area contributed by atoms with Gasteiger partial charge in [-0.1, -0.05) is 125 Å². The number of hydrogen-bond donors (Lipinski definition) is 5. The Kier molecular flexibility index (Phi) is 30.6. The minimum Gasteiger partial charge on any atom is -0.462 e. The average Bonchev–Trinajstić information content (AvgIpc) is 4.02. The van der Waals surface area contributed by atoms with Crippen molar-refractivity contribution in [3.05, 3.63) is 95.7 Å². The van der Waals surface area contributed by atoms with Crippen molar-refractivity contribution in [2.24, 2.45) is 0 Å². The Balaban J connectivity index is 1.42. The van der Waals surface area contributed by atoms with Gasteiger partial charge in [0.25, 0.3) is 0 Å². The number of carbonyl (C=O) groups is 2.